The third kappa shape index (κ3) is 3.24. The average molecular weight is 298 g/mol. The highest BCUT2D eigenvalue weighted by Gasteiger charge is 2.28. The molecule has 0 saturated heterocycles. The molecule has 0 aliphatic rings. The fraction of sp³-hybridized carbons (Fsp3) is 0.125. The van der Waals surface area contributed by atoms with E-state index in [1.807, 2.05) is 36.4 Å². The van der Waals surface area contributed by atoms with Gasteiger partial charge in [0.05, 0.1) is 11.4 Å². The number of amides is 2. The minimum atomic E-state index is -0.799. The summed E-state index contributed by atoms with van der Waals surface area (Å²) in [5, 5.41) is 3.68. The fourth-order valence-electron chi connectivity index (χ4n) is 2.00. The zero-order valence-corrected chi connectivity index (χ0v) is 12.5. The van der Waals surface area contributed by atoms with Crippen LogP contribution in [0.4, 0.5) is 11.4 Å². The minimum absolute atomic E-state index is 0.578. The van der Waals surface area contributed by atoms with E-state index in [9.17, 15) is 9.59 Å². The van der Waals surface area contributed by atoms with Gasteiger partial charge in [-0.2, -0.15) is 0 Å². The van der Waals surface area contributed by atoms with E-state index in [0.29, 0.717) is 5.69 Å². The lowest BCUT2D eigenvalue weighted by molar-refractivity contribution is -0.143. The average Bonchev–Trinajstić information content (AvgIpc) is 2.55. The highest BCUT2D eigenvalue weighted by molar-refractivity contribution is 6.40. The predicted octanol–water partition coefficient (Wildman–Crippen LogP) is 1.40. The first-order valence-electron chi connectivity index (χ1n) is 6.73. The summed E-state index contributed by atoms with van der Waals surface area (Å²) in [5.74, 6) is 3.88. The molecule has 0 aromatic heterocycles. The van der Waals surface area contributed by atoms with Crippen LogP contribution in [0.1, 0.15) is 0 Å². The highest BCUT2D eigenvalue weighted by Crippen LogP contribution is 2.21. The van der Waals surface area contributed by atoms with Gasteiger partial charge >= 0.3 is 11.8 Å². The maximum absolute atomic E-state index is 12.5. The van der Waals surface area contributed by atoms with Gasteiger partial charge in [0.2, 0.25) is 0 Å². The van der Waals surface area contributed by atoms with E-state index < -0.39 is 11.8 Å². The zero-order valence-electron chi connectivity index (χ0n) is 12.5. The van der Waals surface area contributed by atoms with Crippen molar-refractivity contribution in [3.8, 4) is 0 Å². The number of hydrazine groups is 2. The van der Waals surface area contributed by atoms with Gasteiger partial charge in [-0.25, -0.2) is 10.9 Å². The molecule has 0 saturated carbocycles. The van der Waals surface area contributed by atoms with Gasteiger partial charge in [-0.15, -0.1) is 0 Å². The number of nitrogens with zero attached hydrogens (tertiary/aromatic N) is 3. The van der Waals surface area contributed by atoms with Gasteiger partial charge in [-0.05, 0) is 24.3 Å². The molecule has 6 heteroatoms. The zero-order chi connectivity index (χ0) is 16.1. The second-order valence-corrected chi connectivity index (χ2v) is 4.73. The summed E-state index contributed by atoms with van der Waals surface area (Å²) in [7, 11) is 3.05. The number of hydrogen-bond donors (Lipinski definition) is 1. The molecule has 0 aliphatic heterocycles. The van der Waals surface area contributed by atoms with E-state index in [1.54, 1.807) is 36.3 Å². The van der Waals surface area contributed by atoms with Crippen LogP contribution in [0.15, 0.2) is 60.7 Å². The van der Waals surface area contributed by atoms with Crippen LogP contribution in [0.5, 0.6) is 0 Å². The molecule has 114 valence electrons. The quantitative estimate of drug-likeness (QED) is 0.402. The Balaban J connectivity index is 2.42. The molecule has 22 heavy (non-hydrogen) atoms. The van der Waals surface area contributed by atoms with Crippen molar-refractivity contribution in [3.05, 3.63) is 60.7 Å². The number of carbonyl (C=O) groups is 2. The smallest absolute Gasteiger partial charge is 0.281 e. The Morgan fingerprint density at radius 3 is 1.68 bits per heavy atom. The number of nitrogens with two attached hydrogens (primary N) is 1. The van der Waals surface area contributed by atoms with Crippen molar-refractivity contribution in [1.29, 1.82) is 0 Å². The van der Waals surface area contributed by atoms with Gasteiger partial charge in [0.25, 0.3) is 0 Å². The van der Waals surface area contributed by atoms with Crippen LogP contribution in [0.25, 0.3) is 0 Å². The molecular formula is C16H18N4O2. The van der Waals surface area contributed by atoms with Gasteiger partial charge in [0, 0.05) is 14.1 Å². The summed E-state index contributed by atoms with van der Waals surface area (Å²) in [4.78, 5) is 24.5. The van der Waals surface area contributed by atoms with Crippen molar-refractivity contribution in [1.82, 2.24) is 5.01 Å². The van der Waals surface area contributed by atoms with Crippen LogP contribution in [0.3, 0.4) is 0 Å². The first-order chi connectivity index (χ1) is 10.5. The molecule has 6 nitrogen and oxygen atoms in total. The second kappa shape index (κ2) is 6.73. The fourth-order valence-corrected chi connectivity index (χ4v) is 2.00. The van der Waals surface area contributed by atoms with Crippen LogP contribution < -0.4 is 15.9 Å². The number of para-hydroxylation sites is 2. The molecule has 0 atom stereocenters. The Labute approximate surface area is 129 Å². The highest BCUT2D eigenvalue weighted by atomic mass is 16.2. The van der Waals surface area contributed by atoms with Crippen molar-refractivity contribution in [2.45, 2.75) is 0 Å². The number of rotatable bonds is 3. The number of benzene rings is 2. The summed E-state index contributed by atoms with van der Waals surface area (Å²) in [6.07, 6.45) is 0. The standard InChI is InChI=1S/C16H18N4O2/c1-18(17)15(21)16(22)20(14-11-7-4-8-12-14)19(2)13-9-5-3-6-10-13/h3-12H,17H2,1-2H3. The van der Waals surface area contributed by atoms with Crippen LogP contribution in [0, 0.1) is 0 Å². The molecule has 0 unspecified atom stereocenters. The van der Waals surface area contributed by atoms with Crippen LogP contribution in [0.2, 0.25) is 0 Å². The molecule has 2 amide bonds. The lowest BCUT2D eigenvalue weighted by Gasteiger charge is -2.33. The summed E-state index contributed by atoms with van der Waals surface area (Å²) >= 11 is 0. The third-order valence-electron chi connectivity index (χ3n) is 3.13. The first kappa shape index (κ1) is 15.5. The van der Waals surface area contributed by atoms with Crippen LogP contribution in [-0.2, 0) is 9.59 Å². The Morgan fingerprint density at radius 1 is 0.773 bits per heavy atom. The monoisotopic (exact) mass is 298 g/mol. The maximum Gasteiger partial charge on any atom is 0.336 e. The molecule has 2 aromatic carbocycles. The molecule has 0 radical (unpaired) electrons. The van der Waals surface area contributed by atoms with Gasteiger partial charge in [0.15, 0.2) is 0 Å². The van der Waals surface area contributed by atoms with E-state index in [0.717, 1.165) is 10.7 Å². The summed E-state index contributed by atoms with van der Waals surface area (Å²) in [5.41, 5.74) is 1.35. The third-order valence-corrected chi connectivity index (χ3v) is 3.13. The molecule has 0 heterocycles. The number of hydrogen-bond acceptors (Lipinski definition) is 4. The van der Waals surface area contributed by atoms with E-state index in [2.05, 4.69) is 0 Å². The molecule has 2 N–H and O–H groups in total. The molecule has 0 fully saturated rings. The summed E-state index contributed by atoms with van der Waals surface area (Å²) < 4.78 is 0. The lowest BCUT2D eigenvalue weighted by Crippen LogP contribution is -2.53. The summed E-state index contributed by atoms with van der Waals surface area (Å²) in [6.45, 7) is 0. The Bertz CT molecular complexity index is 644. The van der Waals surface area contributed by atoms with Gasteiger partial charge in [-0.1, -0.05) is 36.4 Å². The van der Waals surface area contributed by atoms with Crippen molar-refractivity contribution < 1.29 is 9.59 Å². The minimum Gasteiger partial charge on any atom is -0.281 e. The Hall–Kier alpha value is -2.86. The van der Waals surface area contributed by atoms with E-state index in [4.69, 9.17) is 5.84 Å². The Morgan fingerprint density at radius 2 is 1.23 bits per heavy atom. The van der Waals surface area contributed by atoms with E-state index in [-0.39, 0.29) is 0 Å². The lowest BCUT2D eigenvalue weighted by atomic mass is 10.3. The molecule has 0 bridgehead atoms. The Kier molecular flexibility index (Phi) is 4.75. The van der Waals surface area contributed by atoms with Gasteiger partial charge < -0.3 is 0 Å². The van der Waals surface area contributed by atoms with Crippen LogP contribution >= 0.6 is 0 Å². The van der Waals surface area contributed by atoms with Crippen molar-refractivity contribution in [2.75, 3.05) is 24.1 Å². The van der Waals surface area contributed by atoms with Gasteiger partial charge in [-0.3, -0.25) is 19.6 Å². The molecule has 2 rings (SSSR count). The van der Waals surface area contributed by atoms with Crippen molar-refractivity contribution >= 4 is 23.2 Å². The molecule has 0 aliphatic carbocycles. The topological polar surface area (TPSA) is 69.9 Å². The van der Waals surface area contributed by atoms with Gasteiger partial charge in [0.1, 0.15) is 0 Å². The normalized spacial score (nSPS) is 9.95. The second-order valence-electron chi connectivity index (χ2n) is 4.73. The molecule has 2 aromatic rings. The predicted molar refractivity (Wildman–Crippen MR) is 85.7 cm³/mol. The van der Waals surface area contributed by atoms with Crippen LogP contribution in [-0.4, -0.2) is 30.9 Å². The number of carbonyl (C=O) groups excluding carboxylic acids is 2. The SMILES string of the molecule is CN(N)C(=O)C(=O)N(c1ccccc1)N(C)c1ccccc1. The first-order valence-corrected chi connectivity index (χ1v) is 6.73. The largest absolute Gasteiger partial charge is 0.336 e. The molecule has 0 spiro atoms. The maximum atomic E-state index is 12.5. The van der Waals surface area contributed by atoms with E-state index in [1.165, 1.54) is 12.1 Å². The molecular weight excluding hydrogens is 280 g/mol. The number of anilines is 2. The number of likely N-dealkylation sites (N-methyl/N-ethyl adjacent to an activating group) is 1. The van der Waals surface area contributed by atoms with E-state index >= 15 is 0 Å². The van der Waals surface area contributed by atoms with Crippen molar-refractivity contribution in [3.63, 3.8) is 0 Å². The summed E-state index contributed by atoms with van der Waals surface area (Å²) in [6, 6.07) is 18.2. The van der Waals surface area contributed by atoms with Crippen molar-refractivity contribution in [2.24, 2.45) is 5.84 Å².